The van der Waals surface area contributed by atoms with Gasteiger partial charge < -0.3 is 10.2 Å². The van der Waals surface area contributed by atoms with E-state index in [1.165, 1.54) is 18.6 Å². The largest absolute Gasteiger partial charge is 0.341 e. The van der Waals surface area contributed by atoms with Gasteiger partial charge in [0, 0.05) is 24.1 Å². The highest BCUT2D eigenvalue weighted by molar-refractivity contribution is 8.00. The van der Waals surface area contributed by atoms with Crippen LogP contribution in [-0.2, 0) is 4.79 Å². The van der Waals surface area contributed by atoms with Gasteiger partial charge in [-0.25, -0.2) is 0 Å². The maximum absolute atomic E-state index is 12.1. The van der Waals surface area contributed by atoms with Gasteiger partial charge in [0.25, 0.3) is 0 Å². The van der Waals surface area contributed by atoms with Crippen molar-refractivity contribution in [2.24, 2.45) is 0 Å². The summed E-state index contributed by atoms with van der Waals surface area (Å²) >= 11 is 3.84. The lowest BCUT2D eigenvalue weighted by molar-refractivity contribution is -0.128. The minimum Gasteiger partial charge on any atom is -0.341 e. The summed E-state index contributed by atoms with van der Waals surface area (Å²) in [5.41, 5.74) is 0. The summed E-state index contributed by atoms with van der Waals surface area (Å²) in [5.74, 6) is 3.38. The van der Waals surface area contributed by atoms with E-state index in [1.807, 2.05) is 23.5 Å². The van der Waals surface area contributed by atoms with Crippen molar-refractivity contribution in [1.29, 1.82) is 0 Å². The van der Waals surface area contributed by atoms with Gasteiger partial charge in [-0.1, -0.05) is 0 Å². The minimum atomic E-state index is 0.357. The summed E-state index contributed by atoms with van der Waals surface area (Å²) in [6, 6.07) is 0. The highest BCUT2D eigenvalue weighted by atomic mass is 32.2. The molecule has 3 nitrogen and oxygen atoms in total. The Bertz CT molecular complexity index is 237. The predicted molar refractivity (Wildman–Crippen MR) is 76.9 cm³/mol. The maximum Gasteiger partial charge on any atom is 0.232 e. The molecule has 0 aromatic carbocycles. The zero-order valence-electron chi connectivity index (χ0n) is 10.3. The van der Waals surface area contributed by atoms with Crippen LogP contribution in [0.4, 0.5) is 0 Å². The lowest BCUT2D eigenvalue weighted by Crippen LogP contribution is -2.35. The van der Waals surface area contributed by atoms with Crippen molar-refractivity contribution in [2.75, 3.05) is 43.4 Å². The van der Waals surface area contributed by atoms with E-state index in [4.69, 9.17) is 0 Å². The van der Waals surface area contributed by atoms with E-state index < -0.39 is 0 Å². The van der Waals surface area contributed by atoms with Crippen LogP contribution in [0.2, 0.25) is 0 Å². The topological polar surface area (TPSA) is 32.3 Å². The first-order valence-corrected chi connectivity index (χ1v) is 8.74. The van der Waals surface area contributed by atoms with Gasteiger partial charge in [-0.3, -0.25) is 4.79 Å². The molecule has 0 aromatic rings. The number of amides is 1. The molecule has 17 heavy (non-hydrogen) atoms. The quantitative estimate of drug-likeness (QED) is 0.844. The van der Waals surface area contributed by atoms with E-state index in [1.54, 1.807) is 0 Å². The molecule has 2 fully saturated rings. The number of hydrogen-bond donors (Lipinski definition) is 1. The average Bonchev–Trinajstić information content (AvgIpc) is 2.66. The number of piperidine rings is 1. The molecule has 1 N–H and O–H groups in total. The molecule has 0 atom stereocenters. The van der Waals surface area contributed by atoms with E-state index in [0.29, 0.717) is 16.9 Å². The molecule has 0 radical (unpaired) electrons. The molecule has 98 valence electrons. The second-order valence-electron chi connectivity index (χ2n) is 4.61. The van der Waals surface area contributed by atoms with Crippen LogP contribution in [0.15, 0.2) is 0 Å². The third-order valence-corrected chi connectivity index (χ3v) is 5.71. The molecule has 0 bridgehead atoms. The number of nitrogens with one attached hydrogen (secondary N) is 1. The van der Waals surface area contributed by atoms with E-state index in [-0.39, 0.29) is 0 Å². The molecule has 2 saturated heterocycles. The summed E-state index contributed by atoms with van der Waals surface area (Å²) in [5, 5.41) is 4.06. The Morgan fingerprint density at radius 2 is 2.12 bits per heavy atom. The first-order valence-electron chi connectivity index (χ1n) is 6.54. The van der Waals surface area contributed by atoms with E-state index in [0.717, 1.165) is 38.4 Å². The standard InChI is InChI=1S/C12H22N2OS2/c15-12(14-6-1-8-16-9-7-14)10-17-11-2-4-13-5-3-11/h11,13H,1-10H2. The van der Waals surface area contributed by atoms with E-state index in [2.05, 4.69) is 10.2 Å². The number of nitrogens with zero attached hydrogens (tertiary/aromatic N) is 1. The Morgan fingerprint density at radius 1 is 1.29 bits per heavy atom. The Labute approximate surface area is 112 Å². The molecule has 2 aliphatic rings. The molecule has 2 aliphatic heterocycles. The maximum atomic E-state index is 12.1. The molecule has 0 spiro atoms. The van der Waals surface area contributed by atoms with Crippen molar-refractivity contribution < 1.29 is 4.79 Å². The zero-order valence-corrected chi connectivity index (χ0v) is 12.0. The zero-order chi connectivity index (χ0) is 11.9. The Balaban J connectivity index is 1.68. The average molecular weight is 274 g/mol. The van der Waals surface area contributed by atoms with Crippen LogP contribution in [0, 0.1) is 0 Å². The van der Waals surface area contributed by atoms with E-state index in [9.17, 15) is 4.79 Å². The lowest BCUT2D eigenvalue weighted by atomic mass is 10.2. The molecular weight excluding hydrogens is 252 g/mol. The summed E-state index contributed by atoms with van der Waals surface area (Å²) < 4.78 is 0. The highest BCUT2D eigenvalue weighted by Gasteiger charge is 2.19. The Kier molecular flexibility index (Phi) is 6.01. The van der Waals surface area contributed by atoms with Crippen molar-refractivity contribution in [2.45, 2.75) is 24.5 Å². The van der Waals surface area contributed by atoms with Crippen molar-refractivity contribution in [3.8, 4) is 0 Å². The Morgan fingerprint density at radius 3 is 2.94 bits per heavy atom. The second kappa shape index (κ2) is 7.54. The summed E-state index contributed by atoms with van der Waals surface area (Å²) in [6.45, 7) is 4.16. The smallest absolute Gasteiger partial charge is 0.232 e. The lowest BCUT2D eigenvalue weighted by Gasteiger charge is -2.24. The van der Waals surface area contributed by atoms with Crippen molar-refractivity contribution in [1.82, 2.24) is 10.2 Å². The van der Waals surface area contributed by atoms with Crippen LogP contribution >= 0.6 is 23.5 Å². The molecule has 5 heteroatoms. The highest BCUT2D eigenvalue weighted by Crippen LogP contribution is 2.21. The number of rotatable bonds is 3. The number of carbonyl (C=O) groups is 1. The second-order valence-corrected chi connectivity index (χ2v) is 7.12. The van der Waals surface area contributed by atoms with Crippen molar-refractivity contribution in [3.05, 3.63) is 0 Å². The van der Waals surface area contributed by atoms with Crippen LogP contribution in [-0.4, -0.2) is 59.5 Å². The first-order chi connectivity index (χ1) is 8.36. The monoisotopic (exact) mass is 274 g/mol. The molecule has 0 aliphatic carbocycles. The van der Waals surface area contributed by atoms with Crippen LogP contribution in [0.1, 0.15) is 19.3 Å². The molecule has 2 heterocycles. The van der Waals surface area contributed by atoms with Crippen LogP contribution < -0.4 is 5.32 Å². The predicted octanol–water partition coefficient (Wildman–Crippen LogP) is 1.44. The number of hydrogen-bond acceptors (Lipinski definition) is 4. The molecule has 0 saturated carbocycles. The number of carbonyl (C=O) groups excluding carboxylic acids is 1. The van der Waals surface area contributed by atoms with Gasteiger partial charge in [0.05, 0.1) is 5.75 Å². The SMILES string of the molecule is O=C(CSC1CCNCC1)N1CCCSCC1. The van der Waals surface area contributed by atoms with E-state index >= 15 is 0 Å². The number of thioether (sulfide) groups is 2. The van der Waals surface area contributed by atoms with Gasteiger partial charge in [0.2, 0.25) is 5.91 Å². The van der Waals surface area contributed by atoms with Gasteiger partial charge in [-0.15, -0.1) is 11.8 Å². The summed E-state index contributed by atoms with van der Waals surface area (Å²) in [6.07, 6.45) is 3.59. The molecule has 0 aromatic heterocycles. The van der Waals surface area contributed by atoms with Crippen LogP contribution in [0.25, 0.3) is 0 Å². The molecule has 2 rings (SSSR count). The van der Waals surface area contributed by atoms with Gasteiger partial charge in [0.1, 0.15) is 0 Å². The first kappa shape index (κ1) is 13.6. The normalized spacial score (nSPS) is 23.4. The van der Waals surface area contributed by atoms with Gasteiger partial charge in [-0.2, -0.15) is 11.8 Å². The third kappa shape index (κ3) is 4.72. The molecular formula is C12H22N2OS2. The van der Waals surface area contributed by atoms with Gasteiger partial charge >= 0.3 is 0 Å². The minimum absolute atomic E-state index is 0.357. The van der Waals surface area contributed by atoms with Gasteiger partial charge in [-0.05, 0) is 38.1 Å². The van der Waals surface area contributed by atoms with Crippen molar-refractivity contribution >= 4 is 29.4 Å². The van der Waals surface area contributed by atoms with Crippen LogP contribution in [0.3, 0.4) is 0 Å². The summed E-state index contributed by atoms with van der Waals surface area (Å²) in [4.78, 5) is 14.1. The van der Waals surface area contributed by atoms with Crippen molar-refractivity contribution in [3.63, 3.8) is 0 Å². The van der Waals surface area contributed by atoms with Crippen LogP contribution in [0.5, 0.6) is 0 Å². The third-order valence-electron chi connectivity index (χ3n) is 3.30. The fraction of sp³-hybridized carbons (Fsp3) is 0.917. The molecule has 1 amide bonds. The molecule has 0 unspecified atom stereocenters. The summed E-state index contributed by atoms with van der Waals surface area (Å²) in [7, 11) is 0. The fourth-order valence-electron chi connectivity index (χ4n) is 2.24. The van der Waals surface area contributed by atoms with Gasteiger partial charge in [0.15, 0.2) is 0 Å². The Hall–Kier alpha value is 0.130. The fourth-order valence-corrected chi connectivity index (χ4v) is 4.25.